The van der Waals surface area contributed by atoms with E-state index in [0.29, 0.717) is 42.8 Å². The number of aliphatic hydroxyl groups excluding tert-OH is 3. The van der Waals surface area contributed by atoms with Gasteiger partial charge in [-0.15, -0.1) is 0 Å². The molecule has 0 radical (unpaired) electrons. The Balaban J connectivity index is 1.45. The van der Waals surface area contributed by atoms with Gasteiger partial charge in [0, 0.05) is 18.3 Å². The molecule has 4 N–H and O–H groups in total. The van der Waals surface area contributed by atoms with Crippen LogP contribution in [0.25, 0.3) is 0 Å². The highest BCUT2D eigenvalue weighted by molar-refractivity contribution is 5.95. The summed E-state index contributed by atoms with van der Waals surface area (Å²) in [7, 11) is 0. The third-order valence-corrected chi connectivity index (χ3v) is 9.83. The number of carboxylic acids is 1. The summed E-state index contributed by atoms with van der Waals surface area (Å²) in [5.41, 5.74) is 0.315. The summed E-state index contributed by atoms with van der Waals surface area (Å²) in [5.74, 6) is -0.188. The first-order valence-electron chi connectivity index (χ1n) is 12.4. The van der Waals surface area contributed by atoms with E-state index in [2.05, 4.69) is 13.8 Å². The number of ether oxygens (including phenoxy) is 2. The molecule has 1 heterocycles. The number of carboxylic acid groups (broad SMARTS) is 1. The van der Waals surface area contributed by atoms with Crippen LogP contribution in [-0.4, -0.2) is 68.7 Å². The van der Waals surface area contributed by atoms with Crippen LogP contribution in [0.4, 0.5) is 0 Å². The molecule has 188 valence electrons. The summed E-state index contributed by atoms with van der Waals surface area (Å²) in [6.07, 6.45) is -2.98. The van der Waals surface area contributed by atoms with Gasteiger partial charge in [-0.2, -0.15) is 0 Å². The lowest BCUT2D eigenvalue weighted by molar-refractivity contribution is -0.284. The van der Waals surface area contributed by atoms with E-state index in [-0.39, 0.29) is 28.8 Å². The number of allylic oxidation sites excluding steroid dienone is 1. The quantitative estimate of drug-likeness (QED) is 0.471. The Labute approximate surface area is 198 Å². The topological polar surface area (TPSA) is 151 Å². The standard InChI is InChI=1S/C25H34O9/c1-24-10-8-15(26)20(33-23-19(30)17(28)18(29)21(34-23)22(31)32)14(24)4-3-11-12-5-6-16(27)25(12,2)9-7-13(11)24/h11-13,17-19,21,23,28-30H,3-10H2,1-2H3,(H,31,32)/t11?,12?,13?,17-,18-,19+,21-,23+,24+,25-/m0/s1. The minimum Gasteiger partial charge on any atom is -0.479 e. The number of aliphatic hydroxyl groups is 3. The highest BCUT2D eigenvalue weighted by Gasteiger charge is 2.60. The number of fused-ring (bicyclic) bond motifs is 5. The van der Waals surface area contributed by atoms with Crippen LogP contribution in [0.1, 0.15) is 65.2 Å². The van der Waals surface area contributed by atoms with Crippen LogP contribution in [0.5, 0.6) is 0 Å². The Hall–Kier alpha value is -1.81. The molecule has 9 heteroatoms. The molecule has 3 unspecified atom stereocenters. The average molecular weight is 479 g/mol. The minimum absolute atomic E-state index is 0.0970. The second-order valence-corrected chi connectivity index (χ2v) is 11.3. The highest BCUT2D eigenvalue weighted by Crippen LogP contribution is 2.65. The molecule has 3 saturated carbocycles. The predicted octanol–water partition coefficient (Wildman–Crippen LogP) is 1.32. The van der Waals surface area contributed by atoms with E-state index in [9.17, 15) is 34.8 Å². The van der Waals surface area contributed by atoms with Crippen LogP contribution in [-0.2, 0) is 23.9 Å². The number of carbonyl (C=O) groups is 3. The van der Waals surface area contributed by atoms with Crippen LogP contribution in [0.15, 0.2) is 11.3 Å². The van der Waals surface area contributed by atoms with Crippen molar-refractivity contribution in [3.63, 3.8) is 0 Å². The number of hydrogen-bond donors (Lipinski definition) is 4. The summed E-state index contributed by atoms with van der Waals surface area (Å²) >= 11 is 0. The Kier molecular flexibility index (Phi) is 5.71. The second kappa shape index (κ2) is 8.11. The Morgan fingerprint density at radius 1 is 0.912 bits per heavy atom. The van der Waals surface area contributed by atoms with Gasteiger partial charge in [-0.3, -0.25) is 9.59 Å². The zero-order valence-electron chi connectivity index (χ0n) is 19.6. The Morgan fingerprint density at radius 3 is 2.32 bits per heavy atom. The van der Waals surface area contributed by atoms with Crippen molar-refractivity contribution in [3.8, 4) is 0 Å². The fraction of sp³-hybridized carbons (Fsp3) is 0.800. The number of Topliss-reactive ketones (excluding diaryl/α,β-unsaturated/α-hetero) is 2. The van der Waals surface area contributed by atoms with E-state index < -0.39 is 36.7 Å². The van der Waals surface area contributed by atoms with E-state index in [4.69, 9.17) is 9.47 Å². The number of rotatable bonds is 3. The number of carbonyl (C=O) groups excluding carboxylic acids is 2. The van der Waals surface area contributed by atoms with Crippen LogP contribution in [0.2, 0.25) is 0 Å². The molecule has 4 fully saturated rings. The first-order valence-corrected chi connectivity index (χ1v) is 12.4. The summed E-state index contributed by atoms with van der Waals surface area (Å²) < 4.78 is 11.2. The molecule has 1 saturated heterocycles. The predicted molar refractivity (Wildman–Crippen MR) is 116 cm³/mol. The fourth-order valence-electron chi connectivity index (χ4n) is 7.84. The van der Waals surface area contributed by atoms with Gasteiger partial charge in [0.1, 0.15) is 24.1 Å². The third kappa shape index (κ3) is 3.31. The molecule has 0 bridgehead atoms. The number of ketones is 2. The summed E-state index contributed by atoms with van der Waals surface area (Å²) in [6, 6.07) is 0. The smallest absolute Gasteiger partial charge is 0.335 e. The maximum absolute atomic E-state index is 13.0. The molecule has 4 aliphatic carbocycles. The molecule has 1 aliphatic heterocycles. The first-order chi connectivity index (χ1) is 16.0. The van der Waals surface area contributed by atoms with Crippen molar-refractivity contribution in [1.82, 2.24) is 0 Å². The Morgan fingerprint density at radius 2 is 1.62 bits per heavy atom. The Bertz CT molecular complexity index is 943. The fourth-order valence-corrected chi connectivity index (χ4v) is 7.84. The van der Waals surface area contributed by atoms with Gasteiger partial charge in [0.15, 0.2) is 17.6 Å². The van der Waals surface area contributed by atoms with E-state index >= 15 is 0 Å². The third-order valence-electron chi connectivity index (χ3n) is 9.83. The lowest BCUT2D eigenvalue weighted by Gasteiger charge is -2.57. The monoisotopic (exact) mass is 478 g/mol. The largest absolute Gasteiger partial charge is 0.479 e. The molecular weight excluding hydrogens is 444 g/mol. The van der Waals surface area contributed by atoms with Crippen molar-refractivity contribution < 1.29 is 44.3 Å². The molecule has 5 aliphatic rings. The van der Waals surface area contributed by atoms with Gasteiger partial charge in [0.05, 0.1) is 0 Å². The lowest BCUT2D eigenvalue weighted by Crippen LogP contribution is -2.60. The molecular formula is C25H34O9. The summed E-state index contributed by atoms with van der Waals surface area (Å²) in [6.45, 7) is 4.28. The molecule has 0 aromatic rings. The maximum atomic E-state index is 13.0. The molecule has 10 atom stereocenters. The molecule has 0 aromatic carbocycles. The highest BCUT2D eigenvalue weighted by atomic mass is 16.7. The van der Waals surface area contributed by atoms with Crippen molar-refractivity contribution in [2.45, 2.75) is 95.9 Å². The molecule has 5 rings (SSSR count). The summed E-state index contributed by atoms with van der Waals surface area (Å²) in [5, 5.41) is 39.8. The van der Waals surface area contributed by atoms with Gasteiger partial charge in [-0.1, -0.05) is 13.8 Å². The SMILES string of the molecule is C[C@]12CCC(=O)C(O[C@@H]3O[C@H](C(=O)O)[C@@H](O)[C@H](O)[C@H]3O)=C1CCC1C2CC[C@]2(C)C(=O)CCC12. The number of hydrogen-bond acceptors (Lipinski definition) is 8. The molecule has 0 spiro atoms. The van der Waals surface area contributed by atoms with Gasteiger partial charge in [0.2, 0.25) is 6.29 Å². The second-order valence-electron chi connectivity index (χ2n) is 11.3. The van der Waals surface area contributed by atoms with Crippen molar-refractivity contribution in [3.05, 3.63) is 11.3 Å². The van der Waals surface area contributed by atoms with Crippen LogP contribution in [0.3, 0.4) is 0 Å². The molecule has 34 heavy (non-hydrogen) atoms. The van der Waals surface area contributed by atoms with Crippen LogP contribution >= 0.6 is 0 Å². The van der Waals surface area contributed by atoms with E-state index in [1.165, 1.54) is 0 Å². The van der Waals surface area contributed by atoms with Gasteiger partial charge < -0.3 is 29.9 Å². The van der Waals surface area contributed by atoms with E-state index in [1.54, 1.807) is 0 Å². The molecule has 0 amide bonds. The molecule has 9 nitrogen and oxygen atoms in total. The van der Waals surface area contributed by atoms with Gasteiger partial charge >= 0.3 is 5.97 Å². The normalized spacial score (nSPS) is 48.7. The van der Waals surface area contributed by atoms with Crippen molar-refractivity contribution in [1.29, 1.82) is 0 Å². The lowest BCUT2D eigenvalue weighted by atomic mass is 9.47. The van der Waals surface area contributed by atoms with E-state index in [0.717, 1.165) is 31.3 Å². The van der Waals surface area contributed by atoms with E-state index in [1.807, 2.05) is 0 Å². The van der Waals surface area contributed by atoms with Gasteiger partial charge in [0.25, 0.3) is 0 Å². The van der Waals surface area contributed by atoms with Crippen LogP contribution < -0.4 is 0 Å². The minimum atomic E-state index is -1.82. The van der Waals surface area contributed by atoms with Gasteiger partial charge in [-0.05, 0) is 67.3 Å². The molecule has 0 aromatic heterocycles. The van der Waals surface area contributed by atoms with Crippen molar-refractivity contribution in [2.24, 2.45) is 28.6 Å². The van der Waals surface area contributed by atoms with Crippen molar-refractivity contribution >= 4 is 17.5 Å². The average Bonchev–Trinajstić information content (AvgIpc) is 3.10. The first kappa shape index (κ1) is 23.9. The van der Waals surface area contributed by atoms with Gasteiger partial charge in [-0.25, -0.2) is 4.79 Å². The van der Waals surface area contributed by atoms with Crippen LogP contribution in [0, 0.1) is 28.6 Å². The number of aliphatic carboxylic acids is 1. The maximum Gasteiger partial charge on any atom is 0.335 e. The zero-order valence-corrected chi connectivity index (χ0v) is 19.6. The summed E-state index contributed by atoms with van der Waals surface area (Å²) in [4.78, 5) is 37.1. The van der Waals surface area contributed by atoms with Crippen molar-refractivity contribution in [2.75, 3.05) is 0 Å². The zero-order chi connectivity index (χ0) is 24.6.